The summed E-state index contributed by atoms with van der Waals surface area (Å²) in [6, 6.07) is 20.1. The van der Waals surface area contributed by atoms with Crippen molar-refractivity contribution in [2.75, 3.05) is 13.2 Å². The van der Waals surface area contributed by atoms with E-state index in [4.69, 9.17) is 32.7 Å². The molecule has 1 amide bonds. The van der Waals surface area contributed by atoms with Gasteiger partial charge in [-0.15, -0.1) is 0 Å². The zero-order valence-electron chi connectivity index (χ0n) is 18.0. The molecule has 168 valence electrons. The van der Waals surface area contributed by atoms with Crippen molar-refractivity contribution in [1.82, 2.24) is 9.88 Å². The first-order valence-corrected chi connectivity index (χ1v) is 11.6. The number of nitrogens with zero attached hydrogens (tertiary/aromatic N) is 1. The summed E-state index contributed by atoms with van der Waals surface area (Å²) in [5.74, 6) is 1.24. The molecule has 3 aromatic carbocycles. The highest BCUT2D eigenvalue weighted by molar-refractivity contribution is 6.31. The summed E-state index contributed by atoms with van der Waals surface area (Å²) in [7, 11) is 0. The number of nitrogens with one attached hydrogen (secondary N) is 1. The summed E-state index contributed by atoms with van der Waals surface area (Å²) < 4.78 is 11.3. The maximum atomic E-state index is 13.3. The first kappa shape index (κ1) is 21.7. The number of hydrogen-bond acceptors (Lipinski definition) is 3. The third-order valence-corrected chi connectivity index (χ3v) is 6.34. The lowest BCUT2D eigenvalue weighted by Gasteiger charge is -2.35. The van der Waals surface area contributed by atoms with Gasteiger partial charge in [-0.25, -0.2) is 4.79 Å². The number of carbonyl (C=O) groups excluding carboxylic acids is 1. The second kappa shape index (κ2) is 9.00. The number of halogens is 2. The molecule has 1 N–H and O–H groups in total. The van der Waals surface area contributed by atoms with Crippen molar-refractivity contribution < 1.29 is 14.3 Å². The molecule has 7 heteroatoms. The Morgan fingerprint density at radius 1 is 1.00 bits per heavy atom. The molecular formula is C26H22Cl2N2O3. The fraction of sp³-hybridized carbons (Fsp3) is 0.192. The number of carbonyl (C=O) groups is 1. The Morgan fingerprint density at radius 3 is 2.42 bits per heavy atom. The summed E-state index contributed by atoms with van der Waals surface area (Å²) in [5.41, 5.74) is 4.09. The van der Waals surface area contributed by atoms with E-state index >= 15 is 0 Å². The number of amides is 1. The SMILES string of the molecule is CCOc1ccc([C@@H]2c3[nH]c4ccc(Cl)cc4c3CCN2C(=O)Oc2ccc(Cl)cc2)cc1. The molecule has 0 bridgehead atoms. The Kier molecular flexibility index (Phi) is 5.92. The van der Waals surface area contributed by atoms with E-state index in [1.165, 1.54) is 5.56 Å². The first-order valence-electron chi connectivity index (χ1n) is 10.8. The van der Waals surface area contributed by atoms with E-state index < -0.39 is 6.09 Å². The van der Waals surface area contributed by atoms with Crippen LogP contribution in [0.1, 0.15) is 29.8 Å². The molecule has 1 aromatic heterocycles. The van der Waals surface area contributed by atoms with Gasteiger partial charge in [0.1, 0.15) is 17.5 Å². The van der Waals surface area contributed by atoms with Gasteiger partial charge in [0.15, 0.2) is 0 Å². The van der Waals surface area contributed by atoms with Gasteiger partial charge in [-0.3, -0.25) is 4.90 Å². The first-order chi connectivity index (χ1) is 16.0. The molecule has 33 heavy (non-hydrogen) atoms. The number of hydrogen-bond donors (Lipinski definition) is 1. The summed E-state index contributed by atoms with van der Waals surface area (Å²) in [4.78, 5) is 18.6. The number of ether oxygens (including phenoxy) is 2. The van der Waals surface area contributed by atoms with E-state index in [1.807, 2.05) is 49.4 Å². The molecular weight excluding hydrogens is 459 g/mol. The van der Waals surface area contributed by atoms with Crippen LogP contribution in [0.2, 0.25) is 10.0 Å². The molecule has 1 aliphatic heterocycles. The molecule has 1 aliphatic rings. The van der Waals surface area contributed by atoms with Crippen LogP contribution in [0, 0.1) is 0 Å². The molecule has 0 radical (unpaired) electrons. The second-order valence-corrected chi connectivity index (χ2v) is 8.75. The lowest BCUT2D eigenvalue weighted by atomic mass is 9.92. The number of H-pyrrole nitrogens is 1. The van der Waals surface area contributed by atoms with Crippen LogP contribution >= 0.6 is 23.2 Å². The van der Waals surface area contributed by atoms with Crippen LogP contribution in [0.3, 0.4) is 0 Å². The van der Waals surface area contributed by atoms with Crippen LogP contribution in [0.4, 0.5) is 4.79 Å². The van der Waals surface area contributed by atoms with Crippen LogP contribution in [-0.4, -0.2) is 29.1 Å². The highest BCUT2D eigenvalue weighted by Crippen LogP contribution is 2.40. The van der Waals surface area contributed by atoms with Crippen molar-refractivity contribution in [2.24, 2.45) is 0 Å². The van der Waals surface area contributed by atoms with E-state index in [-0.39, 0.29) is 6.04 Å². The highest BCUT2D eigenvalue weighted by atomic mass is 35.5. The minimum atomic E-state index is -0.418. The number of aromatic nitrogens is 1. The van der Waals surface area contributed by atoms with Gasteiger partial charge < -0.3 is 14.5 Å². The predicted octanol–water partition coefficient (Wildman–Crippen LogP) is 7.02. The molecule has 1 atom stereocenters. The van der Waals surface area contributed by atoms with Gasteiger partial charge in [0, 0.05) is 33.2 Å². The van der Waals surface area contributed by atoms with E-state index in [9.17, 15) is 4.79 Å². The Balaban J connectivity index is 1.56. The predicted molar refractivity (Wildman–Crippen MR) is 131 cm³/mol. The molecule has 0 unspecified atom stereocenters. The fourth-order valence-electron chi connectivity index (χ4n) is 4.38. The van der Waals surface area contributed by atoms with Gasteiger partial charge in [-0.1, -0.05) is 35.3 Å². The third kappa shape index (κ3) is 4.26. The fourth-order valence-corrected chi connectivity index (χ4v) is 4.68. The second-order valence-electron chi connectivity index (χ2n) is 7.88. The minimum Gasteiger partial charge on any atom is -0.494 e. The third-order valence-electron chi connectivity index (χ3n) is 5.85. The number of benzene rings is 3. The Morgan fingerprint density at radius 2 is 1.70 bits per heavy atom. The van der Waals surface area contributed by atoms with Gasteiger partial charge in [0.05, 0.1) is 6.61 Å². The van der Waals surface area contributed by atoms with E-state index in [0.717, 1.165) is 27.9 Å². The van der Waals surface area contributed by atoms with E-state index in [2.05, 4.69) is 4.98 Å². The Bertz CT molecular complexity index is 1300. The van der Waals surface area contributed by atoms with Crippen LogP contribution < -0.4 is 9.47 Å². The average Bonchev–Trinajstić information content (AvgIpc) is 3.18. The molecule has 0 spiro atoms. The van der Waals surface area contributed by atoms with Gasteiger partial charge in [0.2, 0.25) is 0 Å². The summed E-state index contributed by atoms with van der Waals surface area (Å²) in [5, 5.41) is 2.35. The van der Waals surface area contributed by atoms with Crippen LogP contribution in [0.15, 0.2) is 66.7 Å². The van der Waals surface area contributed by atoms with Crippen LogP contribution in [0.5, 0.6) is 11.5 Å². The Labute approximate surface area is 201 Å². The van der Waals surface area contributed by atoms with Crippen LogP contribution in [-0.2, 0) is 6.42 Å². The average molecular weight is 481 g/mol. The zero-order chi connectivity index (χ0) is 22.9. The van der Waals surface area contributed by atoms with E-state index in [0.29, 0.717) is 35.4 Å². The zero-order valence-corrected chi connectivity index (χ0v) is 19.5. The minimum absolute atomic E-state index is 0.338. The van der Waals surface area contributed by atoms with Crippen molar-refractivity contribution in [1.29, 1.82) is 0 Å². The van der Waals surface area contributed by atoms with Gasteiger partial charge in [-0.2, -0.15) is 0 Å². The standard InChI is InChI=1S/C26H22Cl2N2O3/c1-2-32-19-8-3-16(4-9-19)25-24-21(22-15-18(28)7-12-23(22)29-24)13-14-30(25)26(31)33-20-10-5-17(27)6-11-20/h3-12,15,25,29H,2,13-14H2,1H3/t25-/m1/s1. The van der Waals surface area contributed by atoms with Crippen molar-refractivity contribution in [3.63, 3.8) is 0 Å². The van der Waals surface area contributed by atoms with Crippen LogP contribution in [0.25, 0.3) is 10.9 Å². The lowest BCUT2D eigenvalue weighted by Crippen LogP contribution is -2.42. The number of rotatable bonds is 4. The molecule has 4 aromatic rings. The molecule has 0 aliphatic carbocycles. The largest absolute Gasteiger partial charge is 0.494 e. The van der Waals surface area contributed by atoms with E-state index in [1.54, 1.807) is 29.2 Å². The van der Waals surface area contributed by atoms with Crippen molar-refractivity contribution in [3.8, 4) is 11.5 Å². The smallest absolute Gasteiger partial charge is 0.416 e. The van der Waals surface area contributed by atoms with Gasteiger partial charge in [0.25, 0.3) is 0 Å². The summed E-state index contributed by atoms with van der Waals surface area (Å²) in [6.07, 6.45) is 0.275. The van der Waals surface area contributed by atoms with Crippen molar-refractivity contribution in [3.05, 3.63) is 93.6 Å². The summed E-state index contributed by atoms with van der Waals surface area (Å²) in [6.45, 7) is 3.05. The normalized spacial score (nSPS) is 15.4. The monoisotopic (exact) mass is 480 g/mol. The van der Waals surface area contributed by atoms with Gasteiger partial charge >= 0.3 is 6.09 Å². The van der Waals surface area contributed by atoms with Crippen molar-refractivity contribution >= 4 is 40.2 Å². The number of aromatic amines is 1. The van der Waals surface area contributed by atoms with Crippen molar-refractivity contribution in [2.45, 2.75) is 19.4 Å². The summed E-state index contributed by atoms with van der Waals surface area (Å²) >= 11 is 12.2. The maximum Gasteiger partial charge on any atom is 0.416 e. The number of fused-ring (bicyclic) bond motifs is 3. The van der Waals surface area contributed by atoms with Gasteiger partial charge in [-0.05, 0) is 79.1 Å². The lowest BCUT2D eigenvalue weighted by molar-refractivity contribution is 0.135. The molecule has 0 fully saturated rings. The molecule has 5 nitrogen and oxygen atoms in total. The maximum absolute atomic E-state index is 13.3. The molecule has 5 rings (SSSR count). The Hall–Kier alpha value is -3.15. The molecule has 0 saturated heterocycles. The topological polar surface area (TPSA) is 54.6 Å². The highest BCUT2D eigenvalue weighted by Gasteiger charge is 2.35. The molecule has 0 saturated carbocycles. The quantitative estimate of drug-likeness (QED) is 0.341. The molecule has 2 heterocycles.